The van der Waals surface area contributed by atoms with Gasteiger partial charge in [0, 0.05) is 42.4 Å². The fourth-order valence-corrected chi connectivity index (χ4v) is 2.91. The van der Waals surface area contributed by atoms with Crippen molar-refractivity contribution in [2.24, 2.45) is 0 Å². The molecule has 0 unspecified atom stereocenters. The predicted molar refractivity (Wildman–Crippen MR) is 112 cm³/mol. The average molecular weight is 385 g/mol. The van der Waals surface area contributed by atoms with Crippen LogP contribution in [0.3, 0.4) is 0 Å². The van der Waals surface area contributed by atoms with E-state index in [1.54, 1.807) is 0 Å². The van der Waals surface area contributed by atoms with Gasteiger partial charge in [0.2, 0.25) is 5.69 Å². The van der Waals surface area contributed by atoms with Gasteiger partial charge < -0.3 is 17.3 Å². The zero-order chi connectivity index (χ0) is 18.3. The number of anilines is 1. The van der Waals surface area contributed by atoms with E-state index in [0.717, 1.165) is 11.4 Å². The zero-order valence-electron chi connectivity index (χ0n) is 15.4. The fraction of sp³-hybridized carbons (Fsp3) is 0. The SMILES string of the molecule is C(=Cc1cc[n+](-c2ccccc2)cc1)C=C1C=CN(c2ccccc2)C=C1.[Cl-]. The first-order valence-electron chi connectivity index (χ1n) is 9.03. The largest absolute Gasteiger partial charge is 1.00 e. The van der Waals surface area contributed by atoms with Crippen LogP contribution in [0.4, 0.5) is 5.69 Å². The van der Waals surface area contributed by atoms with Crippen molar-refractivity contribution >= 4 is 11.8 Å². The number of aromatic nitrogens is 1. The van der Waals surface area contributed by atoms with Crippen LogP contribution in [0.15, 0.2) is 127 Å². The minimum Gasteiger partial charge on any atom is -1.00 e. The molecule has 1 aromatic heterocycles. The second kappa shape index (κ2) is 9.54. The maximum Gasteiger partial charge on any atom is 0.210 e. The van der Waals surface area contributed by atoms with E-state index in [4.69, 9.17) is 0 Å². The van der Waals surface area contributed by atoms with Crippen LogP contribution in [0.1, 0.15) is 5.56 Å². The molecule has 28 heavy (non-hydrogen) atoms. The lowest BCUT2D eigenvalue weighted by atomic mass is 10.1. The van der Waals surface area contributed by atoms with Crippen molar-refractivity contribution in [1.29, 1.82) is 0 Å². The molecule has 0 atom stereocenters. The van der Waals surface area contributed by atoms with Gasteiger partial charge in [0.05, 0.1) is 0 Å². The highest BCUT2D eigenvalue weighted by Crippen LogP contribution is 2.19. The Balaban J connectivity index is 0.00000225. The van der Waals surface area contributed by atoms with E-state index < -0.39 is 0 Å². The summed E-state index contributed by atoms with van der Waals surface area (Å²) in [5.74, 6) is 0. The maximum atomic E-state index is 2.12. The Hall–Kier alpha value is -3.36. The number of hydrogen-bond donors (Lipinski definition) is 0. The molecule has 3 aromatic rings. The standard InChI is InChI=1S/C25H21N2.ClH/c1-3-10-24(11-4-1)26-18-14-22(15-19-26)8-7-9-23-16-20-27(21-17-23)25-12-5-2-6-13-25;/h1-21H;1H/q+1;/p-1. The van der Waals surface area contributed by atoms with Crippen LogP contribution in [-0.2, 0) is 0 Å². The lowest BCUT2D eigenvalue weighted by Crippen LogP contribution is -3.00. The van der Waals surface area contributed by atoms with Gasteiger partial charge in [-0.25, -0.2) is 0 Å². The molecular weight excluding hydrogens is 364 g/mol. The summed E-state index contributed by atoms with van der Waals surface area (Å²) in [5, 5.41) is 0. The third-order valence-electron chi connectivity index (χ3n) is 4.40. The number of nitrogens with zero attached hydrogens (tertiary/aromatic N) is 2. The van der Waals surface area contributed by atoms with Gasteiger partial charge in [-0.05, 0) is 35.4 Å². The van der Waals surface area contributed by atoms with E-state index >= 15 is 0 Å². The fourth-order valence-electron chi connectivity index (χ4n) is 2.91. The summed E-state index contributed by atoms with van der Waals surface area (Å²) in [4.78, 5) is 2.11. The van der Waals surface area contributed by atoms with Gasteiger partial charge >= 0.3 is 0 Å². The predicted octanol–water partition coefficient (Wildman–Crippen LogP) is 2.45. The van der Waals surface area contributed by atoms with Crippen molar-refractivity contribution in [3.63, 3.8) is 0 Å². The van der Waals surface area contributed by atoms with E-state index in [-0.39, 0.29) is 12.4 Å². The third-order valence-corrected chi connectivity index (χ3v) is 4.40. The number of para-hydroxylation sites is 2. The number of hydrogen-bond acceptors (Lipinski definition) is 1. The van der Waals surface area contributed by atoms with Gasteiger partial charge in [-0.2, -0.15) is 4.57 Å². The summed E-state index contributed by atoms with van der Waals surface area (Å²) in [5.41, 5.74) is 4.67. The maximum absolute atomic E-state index is 2.12. The van der Waals surface area contributed by atoms with Gasteiger partial charge in [-0.3, -0.25) is 0 Å². The summed E-state index contributed by atoms with van der Waals surface area (Å²) < 4.78 is 2.11. The van der Waals surface area contributed by atoms with Gasteiger partial charge in [0.1, 0.15) is 0 Å². The van der Waals surface area contributed by atoms with E-state index in [9.17, 15) is 0 Å². The molecule has 0 bridgehead atoms. The lowest BCUT2D eigenvalue weighted by Gasteiger charge is -2.18. The zero-order valence-corrected chi connectivity index (χ0v) is 16.2. The molecule has 0 radical (unpaired) electrons. The molecule has 2 heterocycles. The second-order valence-corrected chi connectivity index (χ2v) is 6.27. The molecular formula is C25H21ClN2. The number of allylic oxidation sites excluding steroid dienone is 5. The highest BCUT2D eigenvalue weighted by atomic mass is 35.5. The van der Waals surface area contributed by atoms with Crippen LogP contribution >= 0.6 is 0 Å². The van der Waals surface area contributed by atoms with Crippen LogP contribution < -0.4 is 21.9 Å². The first-order valence-corrected chi connectivity index (χ1v) is 9.03. The highest BCUT2D eigenvalue weighted by Gasteiger charge is 2.03. The topological polar surface area (TPSA) is 7.12 Å². The molecule has 2 aromatic carbocycles. The monoisotopic (exact) mass is 384 g/mol. The number of halogens is 1. The molecule has 4 rings (SSSR count). The Morgan fingerprint density at radius 1 is 0.714 bits per heavy atom. The smallest absolute Gasteiger partial charge is 0.210 e. The van der Waals surface area contributed by atoms with Crippen molar-refractivity contribution in [2.75, 3.05) is 4.90 Å². The molecule has 0 aliphatic carbocycles. The molecule has 1 aliphatic rings. The third kappa shape index (κ3) is 4.87. The number of benzene rings is 2. The molecule has 0 fully saturated rings. The summed E-state index contributed by atoms with van der Waals surface area (Å²) >= 11 is 0. The molecule has 0 saturated heterocycles. The van der Waals surface area contributed by atoms with E-state index in [2.05, 4.69) is 101 Å². The molecule has 0 amide bonds. The molecule has 3 heteroatoms. The Kier molecular flexibility index (Phi) is 6.61. The van der Waals surface area contributed by atoms with E-state index in [1.165, 1.54) is 11.1 Å². The van der Waals surface area contributed by atoms with Crippen molar-refractivity contribution in [2.45, 2.75) is 0 Å². The summed E-state index contributed by atoms with van der Waals surface area (Å²) in [6.07, 6.45) is 18.9. The molecule has 0 spiro atoms. The Morgan fingerprint density at radius 3 is 1.96 bits per heavy atom. The van der Waals surface area contributed by atoms with Crippen LogP contribution in [0, 0.1) is 0 Å². The molecule has 0 N–H and O–H groups in total. The molecule has 1 aliphatic heterocycles. The van der Waals surface area contributed by atoms with E-state index in [0.29, 0.717) is 0 Å². The van der Waals surface area contributed by atoms with Gasteiger partial charge in [-0.1, -0.05) is 54.6 Å². The van der Waals surface area contributed by atoms with Crippen LogP contribution in [0.2, 0.25) is 0 Å². The highest BCUT2D eigenvalue weighted by molar-refractivity contribution is 5.57. The van der Waals surface area contributed by atoms with Crippen molar-refractivity contribution in [1.82, 2.24) is 0 Å². The first kappa shape index (κ1) is 19.4. The quantitative estimate of drug-likeness (QED) is 0.627. The van der Waals surface area contributed by atoms with E-state index in [1.807, 2.05) is 36.4 Å². The van der Waals surface area contributed by atoms with Gasteiger partial charge in [0.15, 0.2) is 12.4 Å². The minimum atomic E-state index is 0. The molecule has 2 nitrogen and oxygen atoms in total. The first-order chi connectivity index (χ1) is 13.4. The summed E-state index contributed by atoms with van der Waals surface area (Å²) in [6.45, 7) is 0. The van der Waals surface area contributed by atoms with Crippen molar-refractivity contribution in [3.8, 4) is 5.69 Å². The summed E-state index contributed by atoms with van der Waals surface area (Å²) in [6, 6.07) is 24.9. The Bertz CT molecular complexity index is 985. The Morgan fingerprint density at radius 2 is 1.32 bits per heavy atom. The number of rotatable bonds is 4. The molecule has 0 saturated carbocycles. The van der Waals surface area contributed by atoms with Gasteiger partial charge in [0.25, 0.3) is 0 Å². The Labute approximate surface area is 172 Å². The van der Waals surface area contributed by atoms with Crippen LogP contribution in [-0.4, -0.2) is 0 Å². The van der Waals surface area contributed by atoms with Gasteiger partial charge in [-0.15, -0.1) is 0 Å². The van der Waals surface area contributed by atoms with Crippen LogP contribution in [0.5, 0.6) is 0 Å². The number of pyridine rings is 1. The molecule has 138 valence electrons. The van der Waals surface area contributed by atoms with Crippen molar-refractivity contribution < 1.29 is 17.0 Å². The normalized spacial score (nSPS) is 12.9. The second-order valence-electron chi connectivity index (χ2n) is 6.27. The average Bonchev–Trinajstić information content (AvgIpc) is 2.76. The minimum absolute atomic E-state index is 0. The van der Waals surface area contributed by atoms with Crippen LogP contribution in [0.25, 0.3) is 11.8 Å². The van der Waals surface area contributed by atoms with Crippen molar-refractivity contribution in [3.05, 3.63) is 133 Å². The lowest BCUT2D eigenvalue weighted by molar-refractivity contribution is -0.595. The summed E-state index contributed by atoms with van der Waals surface area (Å²) in [7, 11) is 0.